The summed E-state index contributed by atoms with van der Waals surface area (Å²) in [4.78, 5) is 21.4. The lowest BCUT2D eigenvalue weighted by Crippen LogP contribution is -2.44. The Morgan fingerprint density at radius 1 is 1.45 bits per heavy atom. The second-order valence-corrected chi connectivity index (χ2v) is 8.14. The minimum Gasteiger partial charge on any atom is -0.381 e. The minimum absolute atomic E-state index is 0.0616. The molecule has 1 aliphatic rings. The van der Waals surface area contributed by atoms with Crippen LogP contribution >= 0.6 is 11.3 Å². The number of pyridine rings is 1. The van der Waals surface area contributed by atoms with E-state index in [2.05, 4.69) is 11.2 Å². The molecule has 3 aromatic heterocycles. The fourth-order valence-electron chi connectivity index (χ4n) is 3.94. The van der Waals surface area contributed by atoms with Crippen LogP contribution in [0.4, 0.5) is 0 Å². The van der Waals surface area contributed by atoms with Gasteiger partial charge in [-0.25, -0.2) is 4.98 Å². The van der Waals surface area contributed by atoms with Gasteiger partial charge in [0.2, 0.25) is 0 Å². The van der Waals surface area contributed by atoms with Crippen LogP contribution in [-0.4, -0.2) is 51.4 Å². The molecular formula is C21H23N5O2S. The van der Waals surface area contributed by atoms with Crippen LogP contribution in [0.15, 0.2) is 23.6 Å². The Morgan fingerprint density at radius 3 is 2.93 bits per heavy atom. The van der Waals surface area contributed by atoms with Crippen LogP contribution in [0.1, 0.15) is 35.3 Å². The number of hydrogen-bond donors (Lipinski definition) is 0. The SMILES string of the molecule is Cc1nn(C)c2nc(-c3cccs3)cc(C(=O)N(CCC#N)C3CCOCC3)c12. The highest BCUT2D eigenvalue weighted by Gasteiger charge is 2.29. The second kappa shape index (κ2) is 8.31. The lowest BCUT2D eigenvalue weighted by Gasteiger charge is -2.34. The molecule has 1 aliphatic heterocycles. The molecule has 150 valence electrons. The van der Waals surface area contributed by atoms with Crippen LogP contribution < -0.4 is 0 Å². The predicted molar refractivity (Wildman–Crippen MR) is 112 cm³/mol. The highest BCUT2D eigenvalue weighted by Crippen LogP contribution is 2.31. The molecule has 0 aliphatic carbocycles. The van der Waals surface area contributed by atoms with Gasteiger partial charge in [0.1, 0.15) is 0 Å². The summed E-state index contributed by atoms with van der Waals surface area (Å²) in [6.45, 7) is 3.59. The van der Waals surface area contributed by atoms with Crippen molar-refractivity contribution < 1.29 is 9.53 Å². The van der Waals surface area contributed by atoms with Gasteiger partial charge >= 0.3 is 0 Å². The van der Waals surface area contributed by atoms with Gasteiger partial charge in [-0.1, -0.05) is 6.07 Å². The molecule has 0 aromatic carbocycles. The van der Waals surface area contributed by atoms with Crippen molar-refractivity contribution in [2.24, 2.45) is 7.05 Å². The van der Waals surface area contributed by atoms with E-state index in [0.29, 0.717) is 37.4 Å². The molecule has 0 spiro atoms. The van der Waals surface area contributed by atoms with Crippen molar-refractivity contribution in [3.05, 3.63) is 34.8 Å². The third kappa shape index (κ3) is 3.76. The molecule has 1 amide bonds. The van der Waals surface area contributed by atoms with Gasteiger partial charge in [-0.15, -0.1) is 11.3 Å². The van der Waals surface area contributed by atoms with Gasteiger partial charge in [0.05, 0.1) is 39.7 Å². The molecule has 0 atom stereocenters. The van der Waals surface area contributed by atoms with E-state index in [4.69, 9.17) is 15.0 Å². The Hall–Kier alpha value is -2.76. The number of aryl methyl sites for hydroxylation is 2. The maximum Gasteiger partial charge on any atom is 0.255 e. The molecule has 0 saturated carbocycles. The molecule has 1 fully saturated rings. The van der Waals surface area contributed by atoms with E-state index in [-0.39, 0.29) is 11.9 Å². The van der Waals surface area contributed by atoms with E-state index < -0.39 is 0 Å². The summed E-state index contributed by atoms with van der Waals surface area (Å²) in [7, 11) is 1.85. The van der Waals surface area contributed by atoms with Crippen LogP contribution in [0.25, 0.3) is 21.6 Å². The highest BCUT2D eigenvalue weighted by atomic mass is 32.1. The number of thiophene rings is 1. The van der Waals surface area contributed by atoms with E-state index in [1.165, 1.54) is 0 Å². The number of ether oxygens (including phenoxy) is 1. The molecule has 29 heavy (non-hydrogen) atoms. The number of fused-ring (bicyclic) bond motifs is 1. The van der Waals surface area contributed by atoms with Gasteiger partial charge in [-0.05, 0) is 37.3 Å². The van der Waals surface area contributed by atoms with Crippen molar-refractivity contribution in [1.82, 2.24) is 19.7 Å². The fraction of sp³-hybridized carbons (Fsp3) is 0.429. The van der Waals surface area contributed by atoms with Crippen LogP contribution in [0.2, 0.25) is 0 Å². The molecule has 0 N–H and O–H groups in total. The lowest BCUT2D eigenvalue weighted by molar-refractivity contribution is 0.0297. The van der Waals surface area contributed by atoms with E-state index in [1.54, 1.807) is 16.0 Å². The standard InChI is InChI=1S/C21H23N5O2S/c1-14-19-16(21(27)26(9-4-8-22)15-6-10-28-11-7-15)13-17(18-5-3-12-29-18)23-20(19)25(2)24-14/h3,5,12-13,15H,4,6-7,9-11H2,1-2H3. The number of nitriles is 1. The smallest absolute Gasteiger partial charge is 0.255 e. The number of amides is 1. The lowest BCUT2D eigenvalue weighted by atomic mass is 10.0. The summed E-state index contributed by atoms with van der Waals surface area (Å²) in [5, 5.41) is 16.4. The Morgan fingerprint density at radius 2 is 2.24 bits per heavy atom. The molecule has 4 rings (SSSR count). The number of nitrogens with zero attached hydrogens (tertiary/aromatic N) is 5. The molecule has 0 unspecified atom stereocenters. The van der Waals surface area contributed by atoms with Gasteiger partial charge in [-0.2, -0.15) is 10.4 Å². The van der Waals surface area contributed by atoms with Crippen molar-refractivity contribution >= 4 is 28.3 Å². The average molecular weight is 410 g/mol. The van der Waals surface area contributed by atoms with Gasteiger partial charge < -0.3 is 9.64 Å². The first kappa shape index (κ1) is 19.6. The number of carbonyl (C=O) groups excluding carboxylic acids is 1. The average Bonchev–Trinajstić information content (AvgIpc) is 3.37. The molecule has 3 aromatic rings. The zero-order valence-corrected chi connectivity index (χ0v) is 17.4. The van der Waals surface area contributed by atoms with E-state index in [1.807, 2.05) is 42.5 Å². The Balaban J connectivity index is 1.83. The molecular weight excluding hydrogens is 386 g/mol. The van der Waals surface area contributed by atoms with Crippen molar-refractivity contribution in [2.45, 2.75) is 32.2 Å². The van der Waals surface area contributed by atoms with Gasteiger partial charge in [-0.3, -0.25) is 9.48 Å². The first-order valence-electron chi connectivity index (χ1n) is 9.74. The molecule has 0 bridgehead atoms. The molecule has 7 nitrogen and oxygen atoms in total. The van der Waals surface area contributed by atoms with Crippen molar-refractivity contribution in [3.8, 4) is 16.6 Å². The molecule has 0 radical (unpaired) electrons. The number of hydrogen-bond acceptors (Lipinski definition) is 6. The summed E-state index contributed by atoms with van der Waals surface area (Å²) in [6.07, 6.45) is 1.88. The third-order valence-electron chi connectivity index (χ3n) is 5.33. The van der Waals surface area contributed by atoms with E-state index in [0.717, 1.165) is 34.5 Å². The zero-order valence-electron chi connectivity index (χ0n) is 16.6. The monoisotopic (exact) mass is 409 g/mol. The largest absolute Gasteiger partial charge is 0.381 e. The molecule has 1 saturated heterocycles. The van der Waals surface area contributed by atoms with Gasteiger partial charge in [0.15, 0.2) is 5.65 Å². The number of carbonyl (C=O) groups is 1. The topological polar surface area (TPSA) is 84.0 Å². The second-order valence-electron chi connectivity index (χ2n) is 7.19. The molecule has 4 heterocycles. The van der Waals surface area contributed by atoms with Gasteiger partial charge in [0.25, 0.3) is 5.91 Å². The first-order valence-corrected chi connectivity index (χ1v) is 10.6. The zero-order chi connectivity index (χ0) is 20.4. The number of aromatic nitrogens is 3. The van der Waals surface area contributed by atoms with Crippen LogP contribution in [0.3, 0.4) is 0 Å². The summed E-state index contributed by atoms with van der Waals surface area (Å²) < 4.78 is 7.20. The summed E-state index contributed by atoms with van der Waals surface area (Å²) in [6, 6.07) is 8.11. The van der Waals surface area contributed by atoms with Gasteiger partial charge in [0, 0.05) is 32.8 Å². The maximum absolute atomic E-state index is 13.8. The third-order valence-corrected chi connectivity index (χ3v) is 6.22. The van der Waals surface area contributed by atoms with Crippen LogP contribution in [0, 0.1) is 18.3 Å². The van der Waals surface area contributed by atoms with Crippen LogP contribution in [-0.2, 0) is 11.8 Å². The summed E-state index contributed by atoms with van der Waals surface area (Å²) in [5.41, 5.74) is 2.85. The summed E-state index contributed by atoms with van der Waals surface area (Å²) >= 11 is 1.59. The first-order chi connectivity index (χ1) is 14.1. The number of rotatable bonds is 5. The Labute approximate surface area is 173 Å². The van der Waals surface area contributed by atoms with E-state index >= 15 is 0 Å². The van der Waals surface area contributed by atoms with Crippen molar-refractivity contribution in [2.75, 3.05) is 19.8 Å². The highest BCUT2D eigenvalue weighted by molar-refractivity contribution is 7.13. The van der Waals surface area contributed by atoms with Crippen molar-refractivity contribution in [1.29, 1.82) is 5.26 Å². The quantitative estimate of drug-likeness (QED) is 0.643. The fourth-order valence-corrected chi connectivity index (χ4v) is 4.62. The minimum atomic E-state index is -0.0616. The van der Waals surface area contributed by atoms with E-state index in [9.17, 15) is 4.79 Å². The van der Waals surface area contributed by atoms with Crippen LogP contribution in [0.5, 0.6) is 0 Å². The molecule has 8 heteroatoms. The predicted octanol–water partition coefficient (Wildman–Crippen LogP) is 3.54. The Kier molecular flexibility index (Phi) is 5.60. The summed E-state index contributed by atoms with van der Waals surface area (Å²) in [5.74, 6) is -0.0616. The Bertz CT molecular complexity index is 1060. The normalized spacial score (nSPS) is 14.8. The maximum atomic E-state index is 13.8. The van der Waals surface area contributed by atoms with Crippen molar-refractivity contribution in [3.63, 3.8) is 0 Å².